The second-order valence-electron chi connectivity index (χ2n) is 14.1. The molecule has 0 fully saturated rings. The smallest absolute Gasteiger partial charge is 0.135 e. The largest absolute Gasteiger partial charge is 0.456 e. The number of hydrogen-bond acceptors (Lipinski definition) is 2. The quantitative estimate of drug-likeness (QED) is 0.172. The first-order valence-corrected chi connectivity index (χ1v) is 18.8. The van der Waals surface area contributed by atoms with Crippen molar-refractivity contribution in [2.45, 2.75) is 0 Å². The van der Waals surface area contributed by atoms with E-state index in [1.807, 2.05) is 12.1 Å². The summed E-state index contributed by atoms with van der Waals surface area (Å²) in [5.74, 6) is 0. The molecular weight excluding hydrogens is 669 g/mol. The molecule has 2 aromatic heterocycles. The molecule has 3 nitrogen and oxygen atoms in total. The van der Waals surface area contributed by atoms with Crippen LogP contribution in [0, 0.1) is 0 Å². The molecular formula is C52H34N2O. The van der Waals surface area contributed by atoms with Crippen molar-refractivity contribution >= 4 is 71.6 Å². The van der Waals surface area contributed by atoms with Crippen molar-refractivity contribution in [3.05, 3.63) is 206 Å². The summed E-state index contributed by atoms with van der Waals surface area (Å²) >= 11 is 0. The predicted octanol–water partition coefficient (Wildman–Crippen LogP) is 14.6. The Morgan fingerprint density at radius 3 is 1.96 bits per heavy atom. The number of rotatable bonds is 6. The van der Waals surface area contributed by atoms with Gasteiger partial charge in [0.25, 0.3) is 0 Å². The van der Waals surface area contributed by atoms with Crippen molar-refractivity contribution < 1.29 is 4.42 Å². The van der Waals surface area contributed by atoms with Crippen LogP contribution in [0.1, 0.15) is 0 Å². The molecule has 11 aromatic rings. The van der Waals surface area contributed by atoms with Crippen molar-refractivity contribution in [2.75, 3.05) is 4.90 Å². The summed E-state index contributed by atoms with van der Waals surface area (Å²) in [6.45, 7) is 0. The summed E-state index contributed by atoms with van der Waals surface area (Å²) in [6, 6.07) is 74.1. The Morgan fingerprint density at radius 2 is 1.05 bits per heavy atom. The molecule has 0 atom stereocenters. The summed E-state index contributed by atoms with van der Waals surface area (Å²) in [7, 11) is 0. The number of hydrogen-bond donors (Lipinski definition) is 0. The zero-order chi connectivity index (χ0) is 36.3. The van der Waals surface area contributed by atoms with Gasteiger partial charge in [0, 0.05) is 38.4 Å². The Kier molecular flexibility index (Phi) is 7.17. The van der Waals surface area contributed by atoms with E-state index in [-0.39, 0.29) is 0 Å². The Morgan fingerprint density at radius 1 is 0.382 bits per heavy atom. The van der Waals surface area contributed by atoms with E-state index in [9.17, 15) is 0 Å². The number of fused-ring (bicyclic) bond motifs is 7. The van der Waals surface area contributed by atoms with E-state index in [0.29, 0.717) is 0 Å². The highest BCUT2D eigenvalue weighted by Crippen LogP contribution is 2.48. The van der Waals surface area contributed by atoms with E-state index in [0.717, 1.165) is 66.8 Å². The van der Waals surface area contributed by atoms with Crippen LogP contribution in [0.5, 0.6) is 0 Å². The monoisotopic (exact) mass is 702 g/mol. The van der Waals surface area contributed by atoms with Crippen molar-refractivity contribution in [3.8, 4) is 27.9 Å². The maximum Gasteiger partial charge on any atom is 0.135 e. The summed E-state index contributed by atoms with van der Waals surface area (Å²) in [4.78, 5) is 2.44. The molecule has 0 bridgehead atoms. The first kappa shape index (κ1) is 31.2. The van der Waals surface area contributed by atoms with Gasteiger partial charge in [0.1, 0.15) is 11.2 Å². The third-order valence-electron chi connectivity index (χ3n) is 11.0. The lowest BCUT2D eigenvalue weighted by molar-refractivity contribution is 0.669. The molecule has 0 aliphatic rings. The number of aromatic nitrogens is 1. The van der Waals surface area contributed by atoms with Gasteiger partial charge in [-0.1, -0.05) is 146 Å². The van der Waals surface area contributed by atoms with Gasteiger partial charge in [0.15, 0.2) is 0 Å². The molecule has 0 saturated heterocycles. The number of anilines is 3. The molecule has 55 heavy (non-hydrogen) atoms. The van der Waals surface area contributed by atoms with Crippen LogP contribution in [0.25, 0.3) is 82.5 Å². The van der Waals surface area contributed by atoms with Gasteiger partial charge in [-0.3, -0.25) is 0 Å². The lowest BCUT2D eigenvalue weighted by Gasteiger charge is -2.29. The SMILES string of the molecule is c1ccc(-c2ccccc2N(c2ccc3oc4ccccc4c3c2)c2cccc3c2c2ccccc2n3-c2ccccc2-c2ccc3ccccc3c2)cc1. The molecule has 0 spiro atoms. The number of furan rings is 1. The highest BCUT2D eigenvalue weighted by Gasteiger charge is 2.24. The van der Waals surface area contributed by atoms with E-state index in [4.69, 9.17) is 4.42 Å². The normalized spacial score (nSPS) is 11.6. The van der Waals surface area contributed by atoms with Crippen molar-refractivity contribution in [1.29, 1.82) is 0 Å². The van der Waals surface area contributed by atoms with E-state index in [1.54, 1.807) is 0 Å². The van der Waals surface area contributed by atoms with E-state index < -0.39 is 0 Å². The molecule has 2 heterocycles. The fourth-order valence-corrected chi connectivity index (χ4v) is 8.51. The van der Waals surface area contributed by atoms with Crippen LogP contribution in [0.2, 0.25) is 0 Å². The fourth-order valence-electron chi connectivity index (χ4n) is 8.51. The highest BCUT2D eigenvalue weighted by molar-refractivity contribution is 6.18. The van der Waals surface area contributed by atoms with Gasteiger partial charge < -0.3 is 13.9 Å². The number of benzene rings is 9. The number of nitrogens with zero attached hydrogens (tertiary/aromatic N) is 2. The molecule has 3 heteroatoms. The Labute approximate surface area is 318 Å². The standard InChI is InChI=1S/C52H34N2O/c1-2-16-36(17-3-1)40-19-6-10-23-45(40)53(39-31-32-51-44(34-39)42-21-9-13-28-50(42)55-51)48-26-14-27-49-52(48)43-22-8-12-25-47(43)54(49)46-24-11-7-20-41(46)38-30-29-35-15-4-5-18-37(35)33-38/h1-34H. The van der Waals surface area contributed by atoms with E-state index >= 15 is 0 Å². The van der Waals surface area contributed by atoms with Gasteiger partial charge in [-0.15, -0.1) is 0 Å². The second kappa shape index (κ2) is 12.6. The predicted molar refractivity (Wildman–Crippen MR) is 231 cm³/mol. The van der Waals surface area contributed by atoms with Crippen LogP contribution in [-0.4, -0.2) is 4.57 Å². The topological polar surface area (TPSA) is 21.3 Å². The van der Waals surface area contributed by atoms with E-state index in [1.165, 1.54) is 32.7 Å². The van der Waals surface area contributed by atoms with Gasteiger partial charge in [-0.05, 0) is 82.6 Å². The van der Waals surface area contributed by atoms with E-state index in [2.05, 4.69) is 204 Å². The van der Waals surface area contributed by atoms with Crippen LogP contribution in [-0.2, 0) is 0 Å². The minimum atomic E-state index is 0.876. The first-order valence-electron chi connectivity index (χ1n) is 18.8. The van der Waals surface area contributed by atoms with Gasteiger partial charge in [-0.2, -0.15) is 0 Å². The van der Waals surface area contributed by atoms with Gasteiger partial charge in [0.05, 0.1) is 28.1 Å². The zero-order valence-electron chi connectivity index (χ0n) is 29.9. The summed E-state index contributed by atoms with van der Waals surface area (Å²) in [6.07, 6.45) is 0. The van der Waals surface area contributed by atoms with Crippen molar-refractivity contribution in [3.63, 3.8) is 0 Å². The highest BCUT2D eigenvalue weighted by atomic mass is 16.3. The molecule has 11 rings (SSSR count). The van der Waals surface area contributed by atoms with Crippen LogP contribution < -0.4 is 4.90 Å². The second-order valence-corrected chi connectivity index (χ2v) is 14.1. The molecule has 0 aliphatic carbocycles. The van der Waals surface area contributed by atoms with Crippen LogP contribution in [0.4, 0.5) is 17.1 Å². The average Bonchev–Trinajstić information content (AvgIpc) is 3.80. The summed E-state index contributed by atoms with van der Waals surface area (Å²) in [5, 5.41) is 7.05. The fraction of sp³-hybridized carbons (Fsp3) is 0. The molecule has 9 aromatic carbocycles. The first-order chi connectivity index (χ1) is 27.3. The van der Waals surface area contributed by atoms with Crippen LogP contribution in [0.3, 0.4) is 0 Å². The summed E-state index contributed by atoms with van der Waals surface area (Å²) < 4.78 is 8.77. The molecule has 0 N–H and O–H groups in total. The molecule has 0 saturated carbocycles. The van der Waals surface area contributed by atoms with Crippen molar-refractivity contribution in [1.82, 2.24) is 4.57 Å². The van der Waals surface area contributed by atoms with Crippen LogP contribution in [0.15, 0.2) is 211 Å². The molecule has 0 amide bonds. The average molecular weight is 703 g/mol. The van der Waals surface area contributed by atoms with Gasteiger partial charge in [-0.25, -0.2) is 0 Å². The van der Waals surface area contributed by atoms with Crippen LogP contribution >= 0.6 is 0 Å². The molecule has 258 valence electrons. The zero-order valence-corrected chi connectivity index (χ0v) is 29.9. The maximum atomic E-state index is 6.32. The third-order valence-corrected chi connectivity index (χ3v) is 11.0. The Balaban J connectivity index is 1.21. The lowest BCUT2D eigenvalue weighted by atomic mass is 9.99. The molecule has 0 unspecified atom stereocenters. The summed E-state index contributed by atoms with van der Waals surface area (Å²) in [5.41, 5.74) is 13.2. The Hall–Kier alpha value is -7.36. The lowest BCUT2D eigenvalue weighted by Crippen LogP contribution is -2.11. The maximum absolute atomic E-state index is 6.32. The number of para-hydroxylation sites is 4. The van der Waals surface area contributed by atoms with Crippen molar-refractivity contribution in [2.24, 2.45) is 0 Å². The third kappa shape index (κ3) is 5.05. The minimum Gasteiger partial charge on any atom is -0.456 e. The molecule has 0 radical (unpaired) electrons. The minimum absolute atomic E-state index is 0.876. The van der Waals surface area contributed by atoms with Gasteiger partial charge in [0.2, 0.25) is 0 Å². The van der Waals surface area contributed by atoms with Gasteiger partial charge >= 0.3 is 0 Å². The molecule has 0 aliphatic heterocycles. The Bertz CT molecular complexity index is 3220.